The minimum atomic E-state index is -0.653. The Morgan fingerprint density at radius 3 is 2.86 bits per heavy atom. The maximum Gasteiger partial charge on any atom is 0.248 e. The second-order valence-electron chi connectivity index (χ2n) is 3.04. The van der Waals surface area contributed by atoms with Crippen molar-refractivity contribution in [2.45, 2.75) is 6.92 Å². The number of rotatable bonds is 0. The highest BCUT2D eigenvalue weighted by atomic mass is 79.9. The van der Waals surface area contributed by atoms with Gasteiger partial charge in [-0.3, -0.25) is 0 Å². The van der Waals surface area contributed by atoms with Crippen LogP contribution in [-0.4, -0.2) is 10.1 Å². The molecule has 0 saturated carbocycles. The number of nitrogens with zero attached hydrogens (tertiary/aromatic N) is 1. The molecule has 1 aromatic heterocycles. The number of fused-ring (bicyclic) bond motifs is 1. The zero-order chi connectivity index (χ0) is 10.3. The third kappa shape index (κ3) is 1.35. The first-order valence-corrected chi connectivity index (χ1v) is 4.83. The molecular formula is C10H7BrFNO. The Morgan fingerprint density at radius 1 is 1.43 bits per heavy atom. The van der Waals surface area contributed by atoms with E-state index in [1.165, 1.54) is 0 Å². The molecule has 2 nitrogen and oxygen atoms in total. The molecule has 0 aliphatic rings. The number of hydrogen-bond acceptors (Lipinski definition) is 2. The van der Waals surface area contributed by atoms with Gasteiger partial charge < -0.3 is 5.11 Å². The minimum Gasteiger partial charge on any atom is -0.491 e. The van der Waals surface area contributed by atoms with E-state index in [1.54, 1.807) is 19.1 Å². The number of aryl methyl sites for hydroxylation is 1. The second kappa shape index (κ2) is 3.20. The molecule has 2 aromatic rings. The molecule has 0 saturated heterocycles. The molecule has 1 N–H and O–H groups in total. The van der Waals surface area contributed by atoms with Gasteiger partial charge >= 0.3 is 0 Å². The first kappa shape index (κ1) is 9.40. The van der Waals surface area contributed by atoms with Crippen molar-refractivity contribution in [3.8, 4) is 5.88 Å². The van der Waals surface area contributed by atoms with E-state index in [9.17, 15) is 9.50 Å². The number of hydrogen-bond donors (Lipinski definition) is 1. The molecule has 0 unspecified atom stereocenters. The molecule has 0 amide bonds. The normalized spacial score (nSPS) is 10.8. The van der Waals surface area contributed by atoms with Gasteiger partial charge in [0.25, 0.3) is 0 Å². The van der Waals surface area contributed by atoms with Crippen LogP contribution in [0.2, 0.25) is 0 Å². The molecule has 4 heteroatoms. The van der Waals surface area contributed by atoms with E-state index in [-0.39, 0.29) is 0 Å². The lowest BCUT2D eigenvalue weighted by Gasteiger charge is -2.04. The van der Waals surface area contributed by atoms with E-state index in [0.29, 0.717) is 16.5 Å². The fourth-order valence-electron chi connectivity index (χ4n) is 1.36. The predicted octanol–water partition coefficient (Wildman–Crippen LogP) is 3.15. The molecule has 1 aromatic carbocycles. The van der Waals surface area contributed by atoms with Crippen LogP contribution in [-0.2, 0) is 0 Å². The lowest BCUT2D eigenvalue weighted by molar-refractivity contribution is 0.412. The Morgan fingerprint density at radius 2 is 2.14 bits per heavy atom. The first-order chi connectivity index (χ1) is 6.59. The Hall–Kier alpha value is -1.16. The predicted molar refractivity (Wildman–Crippen MR) is 55.8 cm³/mol. The van der Waals surface area contributed by atoms with Crippen LogP contribution in [0.25, 0.3) is 10.9 Å². The van der Waals surface area contributed by atoms with Crippen molar-refractivity contribution in [2.75, 3.05) is 0 Å². The third-order valence-electron chi connectivity index (χ3n) is 2.12. The molecule has 0 bridgehead atoms. The molecule has 72 valence electrons. The summed E-state index contributed by atoms with van der Waals surface area (Å²) in [5.41, 5.74) is 0.996. The Bertz CT molecular complexity index is 513. The van der Waals surface area contributed by atoms with Gasteiger partial charge in [0.15, 0.2) is 5.82 Å². The van der Waals surface area contributed by atoms with Crippen LogP contribution in [0.3, 0.4) is 0 Å². The number of aromatic nitrogens is 1. The molecule has 2 rings (SSSR count). The summed E-state index contributed by atoms with van der Waals surface area (Å²) in [7, 11) is 0. The van der Waals surface area contributed by atoms with Gasteiger partial charge in [0.05, 0.1) is 5.52 Å². The van der Waals surface area contributed by atoms with E-state index < -0.39 is 11.7 Å². The smallest absolute Gasteiger partial charge is 0.248 e. The van der Waals surface area contributed by atoms with Gasteiger partial charge in [0.2, 0.25) is 5.88 Å². The quantitative estimate of drug-likeness (QED) is 0.785. The SMILES string of the molecule is Cc1c(F)c(O)nc2cc(Br)ccc12. The van der Waals surface area contributed by atoms with E-state index in [0.717, 1.165) is 4.47 Å². The number of pyridine rings is 1. The minimum absolute atomic E-state index is 0.417. The summed E-state index contributed by atoms with van der Waals surface area (Å²) in [6, 6.07) is 5.32. The van der Waals surface area contributed by atoms with Crippen LogP contribution >= 0.6 is 15.9 Å². The number of benzene rings is 1. The maximum atomic E-state index is 13.2. The molecule has 0 aliphatic heterocycles. The van der Waals surface area contributed by atoms with Crippen LogP contribution in [0.1, 0.15) is 5.56 Å². The highest BCUT2D eigenvalue weighted by Gasteiger charge is 2.10. The van der Waals surface area contributed by atoms with Gasteiger partial charge in [-0.2, -0.15) is 0 Å². The zero-order valence-electron chi connectivity index (χ0n) is 7.38. The fourth-order valence-corrected chi connectivity index (χ4v) is 1.71. The summed E-state index contributed by atoms with van der Waals surface area (Å²) in [6.07, 6.45) is 0. The van der Waals surface area contributed by atoms with Crippen molar-refractivity contribution in [2.24, 2.45) is 0 Å². The second-order valence-corrected chi connectivity index (χ2v) is 3.95. The van der Waals surface area contributed by atoms with Crippen LogP contribution in [0.15, 0.2) is 22.7 Å². The van der Waals surface area contributed by atoms with Crippen molar-refractivity contribution in [1.82, 2.24) is 4.98 Å². The summed E-state index contributed by atoms with van der Waals surface area (Å²) >= 11 is 3.28. The summed E-state index contributed by atoms with van der Waals surface area (Å²) in [5, 5.41) is 9.90. The zero-order valence-corrected chi connectivity index (χ0v) is 8.97. The topological polar surface area (TPSA) is 33.1 Å². The van der Waals surface area contributed by atoms with Gasteiger partial charge in [-0.1, -0.05) is 22.0 Å². The molecule has 14 heavy (non-hydrogen) atoms. The maximum absolute atomic E-state index is 13.2. The van der Waals surface area contributed by atoms with E-state index in [1.807, 2.05) is 6.07 Å². The van der Waals surface area contributed by atoms with Gasteiger partial charge in [0.1, 0.15) is 0 Å². The molecule has 1 heterocycles. The van der Waals surface area contributed by atoms with Crippen molar-refractivity contribution >= 4 is 26.8 Å². The standard InChI is InChI=1S/C10H7BrFNO/c1-5-7-3-2-6(11)4-8(7)13-10(14)9(5)12/h2-4H,1H3,(H,13,14). The lowest BCUT2D eigenvalue weighted by atomic mass is 10.1. The van der Waals surface area contributed by atoms with Crippen molar-refractivity contribution in [1.29, 1.82) is 0 Å². The van der Waals surface area contributed by atoms with Crippen LogP contribution in [0, 0.1) is 12.7 Å². The molecule has 0 atom stereocenters. The highest BCUT2D eigenvalue weighted by molar-refractivity contribution is 9.10. The number of halogens is 2. The van der Waals surface area contributed by atoms with Crippen molar-refractivity contribution in [3.63, 3.8) is 0 Å². The Kier molecular flexibility index (Phi) is 2.15. The van der Waals surface area contributed by atoms with Crippen LogP contribution in [0.4, 0.5) is 4.39 Å². The molecule has 0 radical (unpaired) electrons. The van der Waals surface area contributed by atoms with Crippen LogP contribution in [0.5, 0.6) is 5.88 Å². The monoisotopic (exact) mass is 255 g/mol. The van der Waals surface area contributed by atoms with E-state index >= 15 is 0 Å². The summed E-state index contributed by atoms with van der Waals surface area (Å²) in [5.74, 6) is -1.20. The fraction of sp³-hybridized carbons (Fsp3) is 0.100. The average Bonchev–Trinajstić information content (AvgIpc) is 2.14. The Labute approximate surface area is 88.5 Å². The molecular weight excluding hydrogens is 249 g/mol. The van der Waals surface area contributed by atoms with Crippen molar-refractivity contribution < 1.29 is 9.50 Å². The highest BCUT2D eigenvalue weighted by Crippen LogP contribution is 2.26. The summed E-state index contributed by atoms with van der Waals surface area (Å²) in [6.45, 7) is 1.62. The summed E-state index contributed by atoms with van der Waals surface area (Å²) in [4.78, 5) is 3.75. The Balaban J connectivity index is 2.91. The average molecular weight is 256 g/mol. The molecule has 0 spiro atoms. The third-order valence-corrected chi connectivity index (χ3v) is 2.61. The largest absolute Gasteiger partial charge is 0.491 e. The van der Waals surface area contributed by atoms with E-state index in [2.05, 4.69) is 20.9 Å². The van der Waals surface area contributed by atoms with Gasteiger partial charge in [0, 0.05) is 9.86 Å². The number of aromatic hydroxyl groups is 1. The van der Waals surface area contributed by atoms with Gasteiger partial charge in [-0.05, 0) is 24.6 Å². The van der Waals surface area contributed by atoms with Gasteiger partial charge in [-0.25, -0.2) is 9.37 Å². The first-order valence-electron chi connectivity index (χ1n) is 4.04. The van der Waals surface area contributed by atoms with E-state index in [4.69, 9.17) is 0 Å². The van der Waals surface area contributed by atoms with Crippen LogP contribution < -0.4 is 0 Å². The molecule has 0 fully saturated rings. The lowest BCUT2D eigenvalue weighted by Crippen LogP contribution is -1.90. The van der Waals surface area contributed by atoms with Crippen molar-refractivity contribution in [3.05, 3.63) is 34.1 Å². The molecule has 0 aliphatic carbocycles. The van der Waals surface area contributed by atoms with Gasteiger partial charge in [-0.15, -0.1) is 0 Å². The summed E-state index contributed by atoms with van der Waals surface area (Å²) < 4.78 is 14.1.